The Morgan fingerprint density at radius 3 is 1.85 bits per heavy atom. The Kier molecular flexibility index (Phi) is 7.01. The summed E-state index contributed by atoms with van der Waals surface area (Å²) in [4.78, 5) is -3.06. The molecule has 0 aliphatic carbocycles. The zero-order chi connectivity index (χ0) is 26.5. The molecule has 1 N–H and O–H groups in total. The summed E-state index contributed by atoms with van der Waals surface area (Å²) < 4.78 is 192. The first-order valence-electron chi connectivity index (χ1n) is 8.29. The zero-order valence-corrected chi connectivity index (χ0v) is 17.5. The van der Waals surface area contributed by atoms with Crippen molar-refractivity contribution in [3.8, 4) is 0 Å². The van der Waals surface area contributed by atoms with Crippen molar-refractivity contribution in [2.45, 2.75) is 39.9 Å². The average molecular weight is 552 g/mol. The second kappa shape index (κ2) is 8.49. The summed E-state index contributed by atoms with van der Waals surface area (Å²) in [6.07, 6.45) is -5.51. The van der Waals surface area contributed by atoms with E-state index in [1.54, 1.807) is 0 Å². The topological polar surface area (TPSA) is 97.7 Å². The molecule has 34 heavy (non-hydrogen) atoms. The first kappa shape index (κ1) is 28.1. The fourth-order valence-corrected chi connectivity index (χ4v) is 4.96. The van der Waals surface area contributed by atoms with Gasteiger partial charge in [0.05, 0.1) is 0 Å². The van der Waals surface area contributed by atoms with Crippen molar-refractivity contribution in [1.82, 2.24) is 0 Å². The molecular weight excluding hydrogens is 542 g/mol. The van der Waals surface area contributed by atoms with E-state index in [-0.39, 0.29) is 5.39 Å². The summed E-state index contributed by atoms with van der Waals surface area (Å²) in [5.41, 5.74) is 0. The molecule has 192 valence electrons. The number of benzene rings is 2. The second-order valence-electron chi connectivity index (χ2n) is 6.58. The lowest BCUT2D eigenvalue weighted by Crippen LogP contribution is -2.65. The van der Waals surface area contributed by atoms with Crippen LogP contribution in [0.4, 0.5) is 43.9 Å². The fraction of sp³-hybridized carbons (Fsp3) is 0.375. The third-order valence-corrected chi connectivity index (χ3v) is 6.71. The van der Waals surface area contributed by atoms with Crippen molar-refractivity contribution >= 4 is 31.0 Å². The summed E-state index contributed by atoms with van der Waals surface area (Å²) >= 11 is 0. The van der Waals surface area contributed by atoms with Gasteiger partial charge in [-0.3, -0.25) is 8.74 Å². The molecule has 18 heteroatoms. The molecule has 0 bridgehead atoms. The molecule has 0 radical (unpaired) electrons. The van der Waals surface area contributed by atoms with E-state index < -0.39 is 72.1 Å². The van der Waals surface area contributed by atoms with Crippen molar-refractivity contribution in [3.05, 3.63) is 36.4 Å². The van der Waals surface area contributed by atoms with E-state index in [2.05, 4.69) is 4.18 Å². The molecule has 0 aliphatic rings. The van der Waals surface area contributed by atoms with Gasteiger partial charge < -0.3 is 0 Å². The SMILES string of the molecule is O=S(=O)(O)c1ccc2ccccc2c1S(=O)(=O)OCC(F)(F)C(F)(F)C(F)(F)C(F)(F)C(F)F. The van der Waals surface area contributed by atoms with Crippen molar-refractivity contribution in [2.24, 2.45) is 0 Å². The molecule has 0 heterocycles. The number of rotatable bonds is 9. The van der Waals surface area contributed by atoms with Crippen LogP contribution in [-0.2, 0) is 24.4 Å². The lowest BCUT2D eigenvalue weighted by atomic mass is 9.99. The van der Waals surface area contributed by atoms with Crippen LogP contribution in [0, 0.1) is 0 Å². The quantitative estimate of drug-likeness (QED) is 0.278. The normalized spacial score (nSPS) is 14.7. The van der Waals surface area contributed by atoms with Gasteiger partial charge in [0.15, 0.2) is 0 Å². The van der Waals surface area contributed by atoms with Gasteiger partial charge in [-0.15, -0.1) is 0 Å². The highest BCUT2D eigenvalue weighted by Crippen LogP contribution is 2.54. The van der Waals surface area contributed by atoms with Crippen molar-refractivity contribution in [3.63, 3.8) is 0 Å². The predicted octanol–water partition coefficient (Wildman–Crippen LogP) is 4.60. The lowest BCUT2D eigenvalue weighted by Gasteiger charge is -2.36. The molecule has 0 aromatic heterocycles. The Labute approximate surface area is 184 Å². The van der Waals surface area contributed by atoms with Gasteiger partial charge in [0.1, 0.15) is 16.4 Å². The lowest BCUT2D eigenvalue weighted by molar-refractivity contribution is -0.385. The van der Waals surface area contributed by atoms with Crippen LogP contribution in [0.1, 0.15) is 0 Å². The molecule has 2 aromatic rings. The third kappa shape index (κ3) is 4.55. The fourth-order valence-electron chi connectivity index (χ4n) is 2.56. The van der Waals surface area contributed by atoms with Crippen LogP contribution in [0.3, 0.4) is 0 Å². The van der Waals surface area contributed by atoms with E-state index in [1.165, 1.54) is 6.07 Å². The molecule has 0 amide bonds. The molecule has 2 rings (SSSR count). The van der Waals surface area contributed by atoms with Crippen LogP contribution in [0.5, 0.6) is 0 Å². The minimum absolute atomic E-state index is 0.114. The van der Waals surface area contributed by atoms with Crippen molar-refractivity contribution in [2.75, 3.05) is 6.61 Å². The molecule has 0 saturated heterocycles. The van der Waals surface area contributed by atoms with E-state index >= 15 is 0 Å². The molecule has 0 spiro atoms. The van der Waals surface area contributed by atoms with Gasteiger partial charge in [0.25, 0.3) is 20.2 Å². The number of alkyl halides is 10. The molecule has 2 aromatic carbocycles. The second-order valence-corrected chi connectivity index (χ2v) is 9.52. The largest absolute Gasteiger partial charge is 0.384 e. The Balaban J connectivity index is 2.56. The Morgan fingerprint density at radius 2 is 1.35 bits per heavy atom. The van der Waals surface area contributed by atoms with E-state index in [0.29, 0.717) is 6.07 Å². The molecule has 6 nitrogen and oxygen atoms in total. The zero-order valence-electron chi connectivity index (χ0n) is 15.8. The van der Waals surface area contributed by atoms with Gasteiger partial charge in [-0.25, -0.2) is 8.78 Å². The molecule has 0 saturated carbocycles. The first-order valence-corrected chi connectivity index (χ1v) is 11.1. The average Bonchev–Trinajstić information content (AvgIpc) is 2.70. The highest BCUT2D eigenvalue weighted by atomic mass is 32.2. The molecule has 0 atom stereocenters. The van der Waals surface area contributed by atoms with Crippen molar-refractivity contribution in [1.29, 1.82) is 0 Å². The Hall–Kier alpha value is -2.18. The van der Waals surface area contributed by atoms with E-state index in [9.17, 15) is 65.3 Å². The van der Waals surface area contributed by atoms with Crippen LogP contribution < -0.4 is 0 Å². The maximum atomic E-state index is 13.8. The van der Waals surface area contributed by atoms with E-state index in [4.69, 9.17) is 0 Å². The van der Waals surface area contributed by atoms with Gasteiger partial charge in [-0.2, -0.15) is 52.0 Å². The highest BCUT2D eigenvalue weighted by molar-refractivity contribution is 7.89. The first-order chi connectivity index (χ1) is 15.1. The van der Waals surface area contributed by atoms with Gasteiger partial charge in [0, 0.05) is 5.39 Å². The highest BCUT2D eigenvalue weighted by Gasteiger charge is 2.83. The van der Waals surface area contributed by atoms with E-state index in [1.807, 2.05) is 0 Å². The van der Waals surface area contributed by atoms with Crippen LogP contribution in [-0.4, -0.2) is 58.1 Å². The standard InChI is InChI=1S/C16H10F10O6S2/c17-12(18)14(21,22)16(25,26)15(23,24)13(19,20)7-32-34(30,31)11-9-4-2-1-3-8(9)5-6-10(11)33(27,28)29/h1-6,12H,7H2,(H,27,28,29). The van der Waals surface area contributed by atoms with Crippen LogP contribution in [0.2, 0.25) is 0 Å². The van der Waals surface area contributed by atoms with Crippen LogP contribution in [0.25, 0.3) is 10.8 Å². The summed E-state index contributed by atoms with van der Waals surface area (Å²) in [6.45, 7) is -3.30. The number of fused-ring (bicyclic) bond motifs is 1. The smallest absolute Gasteiger partial charge is 0.282 e. The summed E-state index contributed by atoms with van der Waals surface area (Å²) in [5, 5.41) is -0.737. The van der Waals surface area contributed by atoms with Gasteiger partial charge in [0.2, 0.25) is 0 Å². The molecule has 0 aliphatic heterocycles. The maximum Gasteiger partial charge on any atom is 0.384 e. The molecular formula is C16H10F10O6S2. The third-order valence-electron chi connectivity index (χ3n) is 4.31. The van der Waals surface area contributed by atoms with E-state index in [0.717, 1.165) is 24.3 Å². The van der Waals surface area contributed by atoms with Crippen molar-refractivity contribution < 1.29 is 69.5 Å². The number of hydrogen-bond acceptors (Lipinski definition) is 5. The Morgan fingerprint density at radius 1 is 0.824 bits per heavy atom. The van der Waals surface area contributed by atoms with Crippen LogP contribution in [0.15, 0.2) is 46.2 Å². The van der Waals surface area contributed by atoms with Crippen LogP contribution >= 0.6 is 0 Å². The predicted molar refractivity (Wildman–Crippen MR) is 92.7 cm³/mol. The summed E-state index contributed by atoms with van der Waals surface area (Å²) in [6, 6.07) is 5.78. The van der Waals surface area contributed by atoms with Gasteiger partial charge >= 0.3 is 30.1 Å². The maximum absolute atomic E-state index is 13.8. The Bertz CT molecular complexity index is 1290. The summed E-state index contributed by atoms with van der Waals surface area (Å²) in [5.74, 6) is -28.1. The minimum Gasteiger partial charge on any atom is -0.282 e. The minimum atomic E-state index is -7.39. The number of hydrogen-bond donors (Lipinski definition) is 1. The summed E-state index contributed by atoms with van der Waals surface area (Å²) in [7, 11) is -11.4. The number of halogens is 10. The monoisotopic (exact) mass is 552 g/mol. The van der Waals surface area contributed by atoms with Gasteiger partial charge in [-0.05, 0) is 11.5 Å². The van der Waals surface area contributed by atoms with Gasteiger partial charge in [-0.1, -0.05) is 30.3 Å². The molecule has 0 fully saturated rings. The molecule has 0 unspecified atom stereocenters.